The van der Waals surface area contributed by atoms with Gasteiger partial charge in [-0.2, -0.15) is 0 Å². The zero-order chi connectivity index (χ0) is 10.3. The van der Waals surface area contributed by atoms with Crippen LogP contribution in [0.3, 0.4) is 0 Å². The third kappa shape index (κ3) is 5.94. The van der Waals surface area contributed by atoms with E-state index in [4.69, 9.17) is 0 Å². The molecule has 0 fully saturated rings. The van der Waals surface area contributed by atoms with Gasteiger partial charge in [-0.05, 0) is 26.7 Å². The first kappa shape index (κ1) is 12.8. The SMILES string of the molecule is C=C(/C=C(/F)C(=C)C#CSI)CC. The van der Waals surface area contributed by atoms with Crippen LogP contribution in [-0.4, -0.2) is 0 Å². The van der Waals surface area contributed by atoms with Crippen LogP contribution in [0.2, 0.25) is 0 Å². The molecule has 0 amide bonds. The third-order valence-corrected chi connectivity index (χ3v) is 2.15. The monoisotopic (exact) mass is 308 g/mol. The van der Waals surface area contributed by atoms with Gasteiger partial charge in [0.25, 0.3) is 0 Å². The van der Waals surface area contributed by atoms with Gasteiger partial charge in [-0.3, -0.25) is 0 Å². The average Bonchev–Trinajstić information content (AvgIpc) is 2.13. The molecule has 0 rings (SSSR count). The van der Waals surface area contributed by atoms with Crippen molar-refractivity contribution in [1.82, 2.24) is 0 Å². The highest BCUT2D eigenvalue weighted by atomic mass is 127. The van der Waals surface area contributed by atoms with E-state index in [0.717, 1.165) is 12.0 Å². The summed E-state index contributed by atoms with van der Waals surface area (Å²) in [6.07, 6.45) is 2.10. The molecule has 0 nitrogen and oxygen atoms in total. The molecule has 0 unspecified atom stereocenters. The number of hydrogen-bond acceptors (Lipinski definition) is 1. The van der Waals surface area contributed by atoms with E-state index in [2.05, 4.69) is 24.3 Å². The van der Waals surface area contributed by atoms with E-state index in [9.17, 15) is 4.39 Å². The van der Waals surface area contributed by atoms with Crippen LogP contribution in [0.1, 0.15) is 13.3 Å². The van der Waals surface area contributed by atoms with Gasteiger partial charge in [0.1, 0.15) is 5.83 Å². The fourth-order valence-electron chi connectivity index (χ4n) is 0.509. The minimum Gasteiger partial charge on any atom is -0.206 e. The minimum absolute atomic E-state index is 0.207. The van der Waals surface area contributed by atoms with Crippen LogP contribution in [0.15, 0.2) is 36.2 Å². The highest BCUT2D eigenvalue weighted by Gasteiger charge is 1.97. The van der Waals surface area contributed by atoms with Gasteiger partial charge in [0.05, 0.1) is 5.57 Å². The van der Waals surface area contributed by atoms with Crippen LogP contribution >= 0.6 is 30.1 Å². The van der Waals surface area contributed by atoms with E-state index in [1.807, 2.05) is 28.1 Å². The maximum Gasteiger partial charge on any atom is 0.138 e. The standard InChI is InChI=1S/C10H10FIS/c1-4-8(2)7-10(11)9(3)5-6-13-12/h7H,2-4H2,1H3/b10-7+. The predicted molar refractivity (Wildman–Crippen MR) is 67.1 cm³/mol. The number of hydrogen-bond donors (Lipinski definition) is 0. The summed E-state index contributed by atoms with van der Waals surface area (Å²) in [5.41, 5.74) is 0.946. The van der Waals surface area contributed by atoms with Crippen molar-refractivity contribution in [2.75, 3.05) is 0 Å². The lowest BCUT2D eigenvalue weighted by molar-refractivity contribution is 0.658. The lowest BCUT2D eigenvalue weighted by Gasteiger charge is -1.95. The van der Waals surface area contributed by atoms with Crippen LogP contribution in [-0.2, 0) is 0 Å². The second-order valence-corrected chi connectivity index (χ2v) is 3.97. The molecule has 0 aromatic carbocycles. The van der Waals surface area contributed by atoms with Gasteiger partial charge in [0.15, 0.2) is 0 Å². The van der Waals surface area contributed by atoms with Crippen LogP contribution < -0.4 is 0 Å². The van der Waals surface area contributed by atoms with Gasteiger partial charge in [-0.1, -0.05) is 31.6 Å². The molecule has 0 radical (unpaired) electrons. The molecule has 0 N–H and O–H groups in total. The first-order valence-corrected chi connectivity index (χ1v) is 7.00. The van der Waals surface area contributed by atoms with Crippen molar-refractivity contribution in [3.05, 3.63) is 36.2 Å². The lowest BCUT2D eigenvalue weighted by Crippen LogP contribution is -1.79. The fourth-order valence-corrected chi connectivity index (χ4v) is 1.00. The summed E-state index contributed by atoms with van der Waals surface area (Å²) in [6.45, 7) is 9.09. The molecular formula is C10H10FIS. The molecule has 0 aliphatic heterocycles. The summed E-state index contributed by atoms with van der Waals surface area (Å²) in [5, 5.41) is 2.66. The van der Waals surface area contributed by atoms with Crippen molar-refractivity contribution in [2.45, 2.75) is 13.3 Å². The molecule has 13 heavy (non-hydrogen) atoms. The molecule has 0 aromatic heterocycles. The normalized spacial score (nSPS) is 10.2. The van der Waals surface area contributed by atoms with E-state index in [1.54, 1.807) is 0 Å². The smallest absolute Gasteiger partial charge is 0.138 e. The molecule has 0 saturated carbocycles. The van der Waals surface area contributed by atoms with E-state index in [1.165, 1.54) is 15.0 Å². The number of rotatable bonds is 3. The van der Waals surface area contributed by atoms with Crippen molar-refractivity contribution in [2.24, 2.45) is 0 Å². The zero-order valence-electron chi connectivity index (χ0n) is 7.36. The zero-order valence-corrected chi connectivity index (χ0v) is 10.3. The Morgan fingerprint density at radius 2 is 2.23 bits per heavy atom. The van der Waals surface area contributed by atoms with E-state index in [-0.39, 0.29) is 5.57 Å². The molecule has 3 heteroatoms. The first-order chi connectivity index (χ1) is 6.11. The average molecular weight is 308 g/mol. The van der Waals surface area contributed by atoms with Gasteiger partial charge < -0.3 is 0 Å². The molecule has 0 atom stereocenters. The molecule has 0 heterocycles. The van der Waals surface area contributed by atoms with Gasteiger partial charge >= 0.3 is 0 Å². The molecule has 0 saturated heterocycles. The Kier molecular flexibility index (Phi) is 7.10. The van der Waals surface area contributed by atoms with Crippen LogP contribution in [0, 0.1) is 11.2 Å². The summed E-state index contributed by atoms with van der Waals surface area (Å²) in [4.78, 5) is 0. The van der Waals surface area contributed by atoms with Crippen molar-refractivity contribution in [1.29, 1.82) is 0 Å². The molecule has 0 spiro atoms. The summed E-state index contributed by atoms with van der Waals surface area (Å²) in [7, 11) is 1.30. The topological polar surface area (TPSA) is 0 Å². The van der Waals surface area contributed by atoms with Crippen LogP contribution in [0.25, 0.3) is 0 Å². The maximum atomic E-state index is 13.1. The Bertz CT molecular complexity index is 294. The van der Waals surface area contributed by atoms with Gasteiger partial charge in [0.2, 0.25) is 0 Å². The highest BCUT2D eigenvalue weighted by molar-refractivity contribution is 14.2. The van der Waals surface area contributed by atoms with Crippen molar-refractivity contribution < 1.29 is 4.39 Å². The molecule has 70 valence electrons. The van der Waals surface area contributed by atoms with Gasteiger partial charge in [-0.25, -0.2) is 4.39 Å². The second-order valence-electron chi connectivity index (χ2n) is 2.29. The van der Waals surface area contributed by atoms with E-state index < -0.39 is 5.83 Å². The van der Waals surface area contributed by atoms with E-state index >= 15 is 0 Å². The molecule has 0 bridgehead atoms. The van der Waals surface area contributed by atoms with Gasteiger partial charge in [0, 0.05) is 21.2 Å². The van der Waals surface area contributed by atoms with Crippen LogP contribution in [0.4, 0.5) is 4.39 Å². The Morgan fingerprint density at radius 1 is 1.62 bits per heavy atom. The number of halogens is 2. The Labute approximate surface area is 95.0 Å². The summed E-state index contributed by atoms with van der Waals surface area (Å²) in [5.74, 6) is 2.19. The van der Waals surface area contributed by atoms with E-state index in [0.29, 0.717) is 0 Å². The number of allylic oxidation sites excluding steroid dienone is 4. The molecular weight excluding hydrogens is 298 g/mol. The maximum absolute atomic E-state index is 13.1. The molecule has 0 aliphatic rings. The van der Waals surface area contributed by atoms with Gasteiger partial charge in [-0.15, -0.1) is 0 Å². The third-order valence-electron chi connectivity index (χ3n) is 1.31. The highest BCUT2D eigenvalue weighted by Crippen LogP contribution is 2.14. The van der Waals surface area contributed by atoms with Crippen molar-refractivity contribution in [3.63, 3.8) is 0 Å². The van der Waals surface area contributed by atoms with Crippen molar-refractivity contribution >= 4 is 30.1 Å². The Hall–Kier alpha value is -0.210. The van der Waals surface area contributed by atoms with Crippen LogP contribution in [0.5, 0.6) is 0 Å². The Morgan fingerprint density at radius 3 is 2.69 bits per heavy atom. The summed E-state index contributed by atoms with van der Waals surface area (Å²) >= 11 is 2.02. The quantitative estimate of drug-likeness (QED) is 0.423. The predicted octanol–water partition coefficient (Wildman–Crippen LogP) is 4.41. The molecule has 0 aliphatic carbocycles. The fraction of sp³-hybridized carbons (Fsp3) is 0.200. The summed E-state index contributed by atoms with van der Waals surface area (Å²) < 4.78 is 13.1. The van der Waals surface area contributed by atoms with Crippen molar-refractivity contribution in [3.8, 4) is 11.2 Å². The minimum atomic E-state index is -0.398. The molecule has 0 aromatic rings. The second kappa shape index (κ2) is 7.22. The Balaban J connectivity index is 4.42. The largest absolute Gasteiger partial charge is 0.206 e. The summed E-state index contributed by atoms with van der Waals surface area (Å²) in [6, 6.07) is 0. The lowest BCUT2D eigenvalue weighted by atomic mass is 10.2. The first-order valence-electron chi connectivity index (χ1n) is 3.64.